The van der Waals surface area contributed by atoms with Crippen molar-refractivity contribution in [1.82, 2.24) is 19.8 Å². The van der Waals surface area contributed by atoms with Crippen LogP contribution < -0.4 is 10.6 Å². The van der Waals surface area contributed by atoms with Crippen LogP contribution in [-0.2, 0) is 11.8 Å². The maximum absolute atomic E-state index is 13.6. The fourth-order valence-electron chi connectivity index (χ4n) is 2.99. The molecule has 1 aliphatic heterocycles. The molecule has 1 amide bonds. The summed E-state index contributed by atoms with van der Waals surface area (Å²) in [4.78, 5) is 18.8. The van der Waals surface area contributed by atoms with Crippen LogP contribution in [0.15, 0.2) is 36.7 Å². The van der Waals surface area contributed by atoms with E-state index in [1.165, 1.54) is 6.07 Å². The quantitative estimate of drug-likeness (QED) is 0.848. The summed E-state index contributed by atoms with van der Waals surface area (Å²) in [6.07, 6.45) is 4.02. The zero-order valence-electron chi connectivity index (χ0n) is 14.1. The van der Waals surface area contributed by atoms with Gasteiger partial charge in [0.1, 0.15) is 11.6 Å². The Morgan fingerprint density at radius 3 is 2.96 bits per heavy atom. The van der Waals surface area contributed by atoms with Crippen LogP contribution in [0.25, 0.3) is 0 Å². The molecule has 0 radical (unpaired) electrons. The smallest absolute Gasteiger partial charge is 0.225 e. The van der Waals surface area contributed by atoms with Crippen molar-refractivity contribution in [3.63, 3.8) is 0 Å². The van der Waals surface area contributed by atoms with Crippen molar-refractivity contribution < 1.29 is 9.18 Å². The van der Waals surface area contributed by atoms with Gasteiger partial charge in [-0.3, -0.25) is 9.69 Å². The van der Waals surface area contributed by atoms with Gasteiger partial charge in [0, 0.05) is 52.0 Å². The standard InChI is InChI=1S/C17H22FN5O.ClH/c1-22-10-8-20-17(22)15-12-19-7-11-23(15)9-6-16(24)21-14-5-3-2-4-13(14)18;/h2-5,8,10,15,19H,6-7,9,11-12H2,1H3,(H,21,24);1H. The molecule has 2 heterocycles. The molecule has 0 aliphatic carbocycles. The minimum absolute atomic E-state index is 0. The Morgan fingerprint density at radius 1 is 1.44 bits per heavy atom. The number of para-hydroxylation sites is 1. The van der Waals surface area contributed by atoms with Gasteiger partial charge in [-0.05, 0) is 12.1 Å². The van der Waals surface area contributed by atoms with E-state index in [0.29, 0.717) is 13.0 Å². The number of rotatable bonds is 5. The van der Waals surface area contributed by atoms with Crippen molar-refractivity contribution >= 4 is 24.0 Å². The van der Waals surface area contributed by atoms with Gasteiger partial charge >= 0.3 is 0 Å². The fourth-order valence-corrected chi connectivity index (χ4v) is 2.99. The lowest BCUT2D eigenvalue weighted by molar-refractivity contribution is -0.116. The Bertz CT molecular complexity index is 708. The first-order valence-electron chi connectivity index (χ1n) is 8.11. The molecule has 1 saturated heterocycles. The first-order valence-corrected chi connectivity index (χ1v) is 8.11. The predicted octanol–water partition coefficient (Wildman–Crippen LogP) is 1.96. The number of hydrogen-bond donors (Lipinski definition) is 2. The molecule has 1 unspecified atom stereocenters. The second-order valence-electron chi connectivity index (χ2n) is 5.93. The van der Waals surface area contributed by atoms with Gasteiger partial charge in [0.05, 0.1) is 11.7 Å². The molecule has 0 spiro atoms. The normalized spacial score (nSPS) is 17.8. The number of anilines is 1. The molecule has 0 saturated carbocycles. The molecule has 1 fully saturated rings. The molecule has 2 aromatic rings. The minimum Gasteiger partial charge on any atom is -0.337 e. The summed E-state index contributed by atoms with van der Waals surface area (Å²) in [7, 11) is 1.97. The molecule has 6 nitrogen and oxygen atoms in total. The Balaban J connectivity index is 0.00000225. The first-order chi connectivity index (χ1) is 11.6. The average Bonchev–Trinajstić information content (AvgIpc) is 3.01. The highest BCUT2D eigenvalue weighted by Crippen LogP contribution is 2.20. The molecule has 2 N–H and O–H groups in total. The summed E-state index contributed by atoms with van der Waals surface area (Å²) >= 11 is 0. The number of halogens is 2. The van der Waals surface area contributed by atoms with Crippen molar-refractivity contribution in [3.8, 4) is 0 Å². The maximum Gasteiger partial charge on any atom is 0.225 e. The third-order valence-electron chi connectivity index (χ3n) is 4.28. The van der Waals surface area contributed by atoms with Crippen molar-refractivity contribution in [2.24, 2.45) is 7.05 Å². The van der Waals surface area contributed by atoms with Gasteiger partial charge in [0.2, 0.25) is 5.91 Å². The van der Waals surface area contributed by atoms with Crippen LogP contribution in [0.2, 0.25) is 0 Å². The maximum atomic E-state index is 13.6. The van der Waals surface area contributed by atoms with E-state index in [-0.39, 0.29) is 30.0 Å². The second-order valence-corrected chi connectivity index (χ2v) is 5.93. The van der Waals surface area contributed by atoms with E-state index < -0.39 is 5.82 Å². The van der Waals surface area contributed by atoms with Crippen LogP contribution in [0.1, 0.15) is 18.3 Å². The van der Waals surface area contributed by atoms with E-state index in [9.17, 15) is 9.18 Å². The molecular weight excluding hydrogens is 345 g/mol. The van der Waals surface area contributed by atoms with Crippen molar-refractivity contribution in [2.75, 3.05) is 31.5 Å². The first kappa shape index (κ1) is 19.4. The minimum atomic E-state index is -0.418. The van der Waals surface area contributed by atoms with E-state index in [4.69, 9.17) is 0 Å². The molecule has 136 valence electrons. The highest BCUT2D eigenvalue weighted by molar-refractivity contribution is 5.90. The molecule has 1 atom stereocenters. The van der Waals surface area contributed by atoms with Gasteiger partial charge in [0.15, 0.2) is 0 Å². The van der Waals surface area contributed by atoms with Crippen molar-refractivity contribution in [3.05, 3.63) is 48.3 Å². The van der Waals surface area contributed by atoms with E-state index >= 15 is 0 Å². The number of carbonyl (C=O) groups excluding carboxylic acids is 1. The molecule has 1 aromatic carbocycles. The monoisotopic (exact) mass is 367 g/mol. The van der Waals surface area contributed by atoms with Crippen molar-refractivity contribution in [1.29, 1.82) is 0 Å². The Labute approximate surface area is 152 Å². The summed E-state index contributed by atoms with van der Waals surface area (Å²) in [5, 5.41) is 6.00. The topological polar surface area (TPSA) is 62.2 Å². The number of carbonyl (C=O) groups is 1. The Morgan fingerprint density at radius 2 is 2.24 bits per heavy atom. The van der Waals surface area contributed by atoms with Crippen molar-refractivity contribution in [2.45, 2.75) is 12.5 Å². The van der Waals surface area contributed by atoms with Gasteiger partial charge in [-0.2, -0.15) is 0 Å². The van der Waals surface area contributed by atoms with Crippen LogP contribution in [0.4, 0.5) is 10.1 Å². The second kappa shape index (κ2) is 8.94. The molecular formula is C17H23ClFN5O. The predicted molar refractivity (Wildman–Crippen MR) is 97.3 cm³/mol. The lowest BCUT2D eigenvalue weighted by Crippen LogP contribution is -2.47. The lowest BCUT2D eigenvalue weighted by atomic mass is 10.1. The number of hydrogen-bond acceptors (Lipinski definition) is 4. The zero-order chi connectivity index (χ0) is 16.9. The molecule has 1 aliphatic rings. The number of amides is 1. The molecule has 8 heteroatoms. The van der Waals surface area contributed by atoms with Crippen LogP contribution in [0.3, 0.4) is 0 Å². The molecule has 0 bridgehead atoms. The van der Waals surface area contributed by atoms with E-state index in [1.807, 2.05) is 17.8 Å². The summed E-state index contributed by atoms with van der Waals surface area (Å²) < 4.78 is 15.6. The highest BCUT2D eigenvalue weighted by atomic mass is 35.5. The fraction of sp³-hybridized carbons (Fsp3) is 0.412. The number of imidazole rings is 1. The Kier molecular flexibility index (Phi) is 6.92. The van der Waals surface area contributed by atoms with Gasteiger partial charge < -0.3 is 15.2 Å². The van der Waals surface area contributed by atoms with E-state index in [0.717, 1.165) is 25.5 Å². The van der Waals surface area contributed by atoms with Crippen LogP contribution >= 0.6 is 12.4 Å². The van der Waals surface area contributed by atoms with Gasteiger partial charge in [-0.1, -0.05) is 12.1 Å². The summed E-state index contributed by atoms with van der Waals surface area (Å²) in [5.41, 5.74) is 0.225. The average molecular weight is 368 g/mol. The summed E-state index contributed by atoms with van der Waals surface area (Å²) in [6, 6.07) is 6.34. The highest BCUT2D eigenvalue weighted by Gasteiger charge is 2.26. The van der Waals surface area contributed by atoms with Gasteiger partial charge in [-0.15, -0.1) is 12.4 Å². The summed E-state index contributed by atoms with van der Waals surface area (Å²) in [5.74, 6) is 0.382. The number of benzene rings is 1. The van der Waals surface area contributed by atoms with E-state index in [1.54, 1.807) is 24.4 Å². The van der Waals surface area contributed by atoms with Crippen LogP contribution in [-0.4, -0.2) is 46.5 Å². The number of aryl methyl sites for hydroxylation is 1. The summed E-state index contributed by atoms with van der Waals surface area (Å²) in [6.45, 7) is 3.15. The number of aromatic nitrogens is 2. The number of piperazine rings is 1. The van der Waals surface area contributed by atoms with Gasteiger partial charge in [-0.25, -0.2) is 9.37 Å². The molecule has 3 rings (SSSR count). The molecule has 25 heavy (non-hydrogen) atoms. The number of nitrogens with one attached hydrogen (secondary N) is 2. The Hall–Kier alpha value is -1.96. The lowest BCUT2D eigenvalue weighted by Gasteiger charge is -2.35. The van der Waals surface area contributed by atoms with Crippen LogP contribution in [0, 0.1) is 5.82 Å². The molecule has 1 aromatic heterocycles. The number of nitrogens with zero attached hydrogens (tertiary/aromatic N) is 3. The third-order valence-corrected chi connectivity index (χ3v) is 4.28. The van der Waals surface area contributed by atoms with E-state index in [2.05, 4.69) is 20.5 Å². The third kappa shape index (κ3) is 4.78. The SMILES string of the molecule is Cl.Cn1ccnc1C1CNCCN1CCC(=O)Nc1ccccc1F. The van der Waals surface area contributed by atoms with Crippen LogP contribution in [0.5, 0.6) is 0 Å². The zero-order valence-corrected chi connectivity index (χ0v) is 14.9. The van der Waals surface area contributed by atoms with Gasteiger partial charge in [0.25, 0.3) is 0 Å². The largest absolute Gasteiger partial charge is 0.337 e.